The Bertz CT molecular complexity index is 620. The summed E-state index contributed by atoms with van der Waals surface area (Å²) in [5.41, 5.74) is 1.50. The number of pyridine rings is 1. The lowest BCUT2D eigenvalue weighted by atomic mass is 10.2. The highest BCUT2D eigenvalue weighted by Gasteiger charge is 2.13. The van der Waals surface area contributed by atoms with E-state index in [4.69, 9.17) is 0 Å². The highest BCUT2D eigenvalue weighted by atomic mass is 79.9. The number of nitrogens with one attached hydrogen (secondary N) is 1. The summed E-state index contributed by atoms with van der Waals surface area (Å²) in [4.78, 5) is 14.9. The van der Waals surface area contributed by atoms with Crippen molar-refractivity contribution >= 4 is 39.1 Å². The van der Waals surface area contributed by atoms with Gasteiger partial charge in [0.1, 0.15) is 5.69 Å². The maximum Gasteiger partial charge on any atom is 0.292 e. The van der Waals surface area contributed by atoms with E-state index in [1.54, 1.807) is 37.1 Å². The molecule has 0 fully saturated rings. The molecular formula is C13H12BrN3O2S. The molecule has 2 rings (SSSR count). The van der Waals surface area contributed by atoms with Gasteiger partial charge in [0.2, 0.25) is 0 Å². The van der Waals surface area contributed by atoms with Crippen LogP contribution in [-0.4, -0.2) is 17.0 Å². The lowest BCUT2D eigenvalue weighted by molar-refractivity contribution is -0.384. The fraction of sp³-hybridized carbons (Fsp3) is 0.154. The molecule has 0 aliphatic carbocycles. The molecule has 0 unspecified atom stereocenters. The molecule has 7 heteroatoms. The molecule has 0 amide bonds. The van der Waals surface area contributed by atoms with Crippen LogP contribution in [0.4, 0.5) is 11.4 Å². The van der Waals surface area contributed by atoms with Gasteiger partial charge >= 0.3 is 0 Å². The number of hydrogen-bond acceptors (Lipinski definition) is 5. The van der Waals surface area contributed by atoms with Crippen molar-refractivity contribution in [2.45, 2.75) is 10.8 Å². The molecule has 1 aromatic heterocycles. The Morgan fingerprint density at radius 1 is 1.40 bits per heavy atom. The van der Waals surface area contributed by atoms with Crippen LogP contribution in [0.5, 0.6) is 0 Å². The van der Waals surface area contributed by atoms with Gasteiger partial charge in [0.05, 0.1) is 9.95 Å². The second-order valence-electron chi connectivity index (χ2n) is 3.96. The van der Waals surface area contributed by atoms with Crippen LogP contribution in [0.1, 0.15) is 5.56 Å². The summed E-state index contributed by atoms with van der Waals surface area (Å²) in [6, 6.07) is 9.03. The number of anilines is 1. The van der Waals surface area contributed by atoms with E-state index in [9.17, 15) is 10.1 Å². The number of benzene rings is 1. The number of hydrogen-bond donors (Lipinski definition) is 1. The smallest absolute Gasteiger partial charge is 0.292 e. The highest BCUT2D eigenvalue weighted by molar-refractivity contribution is 9.10. The first-order valence-corrected chi connectivity index (χ1v) is 7.57. The molecule has 0 aliphatic rings. The standard InChI is InChI=1S/C13H12BrN3O2S/c1-15-11-4-2-9(6-12(11)17(18)19)8-20-13-5-3-10(14)7-16-13/h2-7,15H,8H2,1H3. The van der Waals surface area contributed by atoms with E-state index in [2.05, 4.69) is 26.2 Å². The normalized spacial score (nSPS) is 10.3. The minimum absolute atomic E-state index is 0.0920. The van der Waals surface area contributed by atoms with E-state index in [0.717, 1.165) is 15.1 Å². The summed E-state index contributed by atoms with van der Waals surface area (Å²) in [7, 11) is 1.67. The molecule has 0 saturated carbocycles. The largest absolute Gasteiger partial charge is 0.383 e. The average Bonchev–Trinajstić information content (AvgIpc) is 2.46. The van der Waals surface area contributed by atoms with Gasteiger partial charge in [-0.1, -0.05) is 6.07 Å². The maximum atomic E-state index is 11.0. The van der Waals surface area contributed by atoms with Gasteiger partial charge in [-0.15, -0.1) is 11.8 Å². The van der Waals surface area contributed by atoms with E-state index in [-0.39, 0.29) is 10.6 Å². The van der Waals surface area contributed by atoms with Gasteiger partial charge in [-0.3, -0.25) is 10.1 Å². The lowest BCUT2D eigenvalue weighted by Crippen LogP contribution is -1.97. The van der Waals surface area contributed by atoms with Crippen molar-refractivity contribution in [1.82, 2.24) is 4.98 Å². The molecule has 1 N–H and O–H groups in total. The van der Waals surface area contributed by atoms with Crippen molar-refractivity contribution < 1.29 is 4.92 Å². The number of nitro benzene ring substituents is 1. The van der Waals surface area contributed by atoms with E-state index in [1.807, 2.05) is 18.2 Å². The topological polar surface area (TPSA) is 68.1 Å². The Morgan fingerprint density at radius 2 is 2.20 bits per heavy atom. The van der Waals surface area contributed by atoms with Crippen molar-refractivity contribution in [3.8, 4) is 0 Å². The zero-order chi connectivity index (χ0) is 14.5. The van der Waals surface area contributed by atoms with Crippen LogP contribution in [0.2, 0.25) is 0 Å². The van der Waals surface area contributed by atoms with Crippen molar-refractivity contribution in [3.05, 3.63) is 56.7 Å². The predicted octanol–water partition coefficient (Wildman–Crippen LogP) is 4.09. The molecule has 5 nitrogen and oxygen atoms in total. The third-order valence-corrected chi connectivity index (χ3v) is 4.10. The lowest BCUT2D eigenvalue weighted by Gasteiger charge is -2.05. The van der Waals surface area contributed by atoms with Gasteiger partial charge in [0.25, 0.3) is 5.69 Å². The van der Waals surface area contributed by atoms with E-state index in [0.29, 0.717) is 11.4 Å². The summed E-state index contributed by atoms with van der Waals surface area (Å²) in [5.74, 6) is 0.638. The molecular weight excluding hydrogens is 342 g/mol. The third kappa shape index (κ3) is 3.71. The van der Waals surface area contributed by atoms with Crippen LogP contribution >= 0.6 is 27.7 Å². The second-order valence-corrected chi connectivity index (χ2v) is 5.87. The molecule has 0 saturated heterocycles. The summed E-state index contributed by atoms with van der Waals surface area (Å²) in [5, 5.41) is 14.7. The van der Waals surface area contributed by atoms with Crippen LogP contribution in [0.15, 0.2) is 46.0 Å². The van der Waals surface area contributed by atoms with Gasteiger partial charge in [-0.05, 0) is 39.7 Å². The number of thioether (sulfide) groups is 1. The first-order valence-electron chi connectivity index (χ1n) is 5.79. The molecule has 0 spiro atoms. The highest BCUT2D eigenvalue weighted by Crippen LogP contribution is 2.28. The molecule has 0 radical (unpaired) electrons. The average molecular weight is 354 g/mol. The summed E-state index contributed by atoms with van der Waals surface area (Å²) < 4.78 is 0.927. The molecule has 1 aromatic carbocycles. The molecule has 2 aromatic rings. The van der Waals surface area contributed by atoms with Crippen molar-refractivity contribution in [2.24, 2.45) is 0 Å². The minimum atomic E-state index is -0.377. The van der Waals surface area contributed by atoms with Gasteiger partial charge in [-0.25, -0.2) is 4.98 Å². The van der Waals surface area contributed by atoms with E-state index in [1.165, 1.54) is 0 Å². The first-order chi connectivity index (χ1) is 9.60. The Labute approximate surface area is 129 Å². The van der Waals surface area contributed by atoms with Crippen LogP contribution in [0.3, 0.4) is 0 Å². The van der Waals surface area contributed by atoms with Gasteiger partial charge in [-0.2, -0.15) is 0 Å². The maximum absolute atomic E-state index is 11.0. The van der Waals surface area contributed by atoms with Crippen LogP contribution < -0.4 is 5.32 Å². The van der Waals surface area contributed by atoms with Crippen molar-refractivity contribution in [2.75, 3.05) is 12.4 Å². The number of nitrogens with zero attached hydrogens (tertiary/aromatic N) is 2. The number of rotatable bonds is 5. The van der Waals surface area contributed by atoms with E-state index < -0.39 is 0 Å². The number of halogens is 1. The monoisotopic (exact) mass is 353 g/mol. The Kier molecular flexibility index (Phi) is 4.97. The fourth-order valence-corrected chi connectivity index (χ4v) is 2.65. The second kappa shape index (κ2) is 6.71. The first kappa shape index (κ1) is 14.8. The van der Waals surface area contributed by atoms with E-state index >= 15 is 0 Å². The van der Waals surface area contributed by atoms with Crippen LogP contribution in [0.25, 0.3) is 0 Å². The Balaban J connectivity index is 2.11. The number of aromatic nitrogens is 1. The molecule has 0 atom stereocenters. The van der Waals surface area contributed by atoms with Crippen LogP contribution in [-0.2, 0) is 5.75 Å². The number of nitro groups is 1. The van der Waals surface area contributed by atoms with Crippen molar-refractivity contribution in [1.29, 1.82) is 0 Å². The fourth-order valence-electron chi connectivity index (χ4n) is 1.63. The third-order valence-electron chi connectivity index (χ3n) is 2.62. The summed E-state index contributed by atoms with van der Waals surface area (Å²) in [6.45, 7) is 0. The quantitative estimate of drug-likeness (QED) is 0.498. The Hall–Kier alpha value is -1.60. The zero-order valence-electron chi connectivity index (χ0n) is 10.7. The van der Waals surface area contributed by atoms with Gasteiger partial charge < -0.3 is 5.32 Å². The van der Waals surface area contributed by atoms with Gasteiger partial charge in [0, 0.05) is 29.5 Å². The molecule has 0 aliphatic heterocycles. The minimum Gasteiger partial charge on any atom is -0.383 e. The predicted molar refractivity (Wildman–Crippen MR) is 84.1 cm³/mol. The zero-order valence-corrected chi connectivity index (χ0v) is 13.1. The molecule has 1 heterocycles. The molecule has 20 heavy (non-hydrogen) atoms. The summed E-state index contributed by atoms with van der Waals surface area (Å²) in [6.07, 6.45) is 1.73. The van der Waals surface area contributed by atoms with Crippen molar-refractivity contribution in [3.63, 3.8) is 0 Å². The Morgan fingerprint density at radius 3 is 2.80 bits per heavy atom. The van der Waals surface area contributed by atoms with Crippen LogP contribution in [0, 0.1) is 10.1 Å². The molecule has 104 valence electrons. The molecule has 0 bridgehead atoms. The summed E-state index contributed by atoms with van der Waals surface area (Å²) >= 11 is 4.87. The SMILES string of the molecule is CNc1ccc(CSc2ccc(Br)cn2)cc1[N+](=O)[O-]. The van der Waals surface area contributed by atoms with Gasteiger partial charge in [0.15, 0.2) is 0 Å².